The number of hydrogen-bond donors (Lipinski definition) is 2. The first-order valence-electron chi connectivity index (χ1n) is 9.35. The van der Waals surface area contributed by atoms with Gasteiger partial charge in [0.15, 0.2) is 0 Å². The second-order valence-electron chi connectivity index (χ2n) is 7.37. The number of carboxylic acids is 1. The van der Waals surface area contributed by atoms with Crippen LogP contribution in [-0.2, 0) is 20.8 Å². The van der Waals surface area contributed by atoms with Gasteiger partial charge in [0.1, 0.15) is 12.1 Å². The predicted molar refractivity (Wildman–Crippen MR) is 96.4 cm³/mol. The van der Waals surface area contributed by atoms with E-state index in [0.717, 1.165) is 24.8 Å². The number of aryl methyl sites for hydroxylation is 1. The summed E-state index contributed by atoms with van der Waals surface area (Å²) in [4.78, 5) is 38.2. The predicted octanol–water partition coefficient (Wildman–Crippen LogP) is 1.98. The summed E-state index contributed by atoms with van der Waals surface area (Å²) in [7, 11) is 0. The number of benzene rings is 1. The number of nitrogens with zero attached hydrogens (tertiary/aromatic N) is 1. The van der Waals surface area contributed by atoms with Crippen molar-refractivity contribution in [2.24, 2.45) is 5.92 Å². The van der Waals surface area contributed by atoms with E-state index in [2.05, 4.69) is 5.32 Å². The minimum Gasteiger partial charge on any atom is -0.480 e. The van der Waals surface area contributed by atoms with Crippen LogP contribution in [-0.4, -0.2) is 45.9 Å². The van der Waals surface area contributed by atoms with Crippen LogP contribution < -0.4 is 5.32 Å². The summed E-state index contributed by atoms with van der Waals surface area (Å²) in [6.07, 6.45) is 4.31. The molecule has 0 aromatic heterocycles. The van der Waals surface area contributed by atoms with E-state index in [0.29, 0.717) is 19.3 Å². The first-order chi connectivity index (χ1) is 12.5. The minimum atomic E-state index is -0.949. The Bertz CT molecular complexity index is 676. The van der Waals surface area contributed by atoms with Crippen molar-refractivity contribution in [2.45, 2.75) is 63.6 Å². The molecule has 3 rings (SSSR count). The Kier molecular flexibility index (Phi) is 5.59. The summed E-state index contributed by atoms with van der Waals surface area (Å²) in [5, 5.41) is 12.2. The van der Waals surface area contributed by atoms with E-state index in [9.17, 15) is 19.5 Å². The fourth-order valence-electron chi connectivity index (χ4n) is 4.33. The Morgan fingerprint density at radius 1 is 1.23 bits per heavy atom. The lowest BCUT2D eigenvalue weighted by Gasteiger charge is -2.30. The highest BCUT2D eigenvalue weighted by Gasteiger charge is 2.49. The molecule has 6 heteroatoms. The largest absolute Gasteiger partial charge is 0.480 e. The topological polar surface area (TPSA) is 86.7 Å². The zero-order chi connectivity index (χ0) is 18.7. The maximum Gasteiger partial charge on any atom is 0.326 e. The third kappa shape index (κ3) is 3.89. The van der Waals surface area contributed by atoms with Crippen molar-refractivity contribution in [2.75, 3.05) is 0 Å². The monoisotopic (exact) mass is 358 g/mol. The molecule has 1 aliphatic carbocycles. The minimum absolute atomic E-state index is 0.00673. The van der Waals surface area contributed by atoms with Crippen molar-refractivity contribution in [1.29, 1.82) is 0 Å². The molecule has 2 aliphatic rings. The molecule has 0 bridgehead atoms. The molecule has 6 nitrogen and oxygen atoms in total. The van der Waals surface area contributed by atoms with Gasteiger partial charge in [-0.1, -0.05) is 36.8 Å². The maximum absolute atomic E-state index is 12.9. The molecule has 1 saturated heterocycles. The van der Waals surface area contributed by atoms with Gasteiger partial charge >= 0.3 is 5.97 Å². The lowest BCUT2D eigenvalue weighted by Crippen LogP contribution is -2.53. The molecule has 1 unspecified atom stereocenters. The SMILES string of the molecule is CC(NC(=O)CCc1ccccc1)C(=O)N1[C@H](C(=O)O)C[C@@H]2CCC[C@@H]21. The first-order valence-corrected chi connectivity index (χ1v) is 9.35. The Hall–Kier alpha value is -2.37. The summed E-state index contributed by atoms with van der Waals surface area (Å²) in [6, 6.07) is 8.24. The average molecular weight is 358 g/mol. The van der Waals surface area contributed by atoms with Crippen molar-refractivity contribution in [1.82, 2.24) is 10.2 Å². The number of likely N-dealkylation sites (tertiary alicyclic amines) is 1. The highest BCUT2D eigenvalue weighted by molar-refractivity contribution is 5.91. The van der Waals surface area contributed by atoms with Gasteiger partial charge in [-0.05, 0) is 44.1 Å². The van der Waals surface area contributed by atoms with E-state index in [-0.39, 0.29) is 23.8 Å². The van der Waals surface area contributed by atoms with Crippen molar-refractivity contribution >= 4 is 17.8 Å². The normalized spacial score (nSPS) is 25.6. The van der Waals surface area contributed by atoms with Crippen molar-refractivity contribution in [3.8, 4) is 0 Å². The van der Waals surface area contributed by atoms with E-state index in [1.54, 1.807) is 6.92 Å². The molecular weight excluding hydrogens is 332 g/mol. The third-order valence-electron chi connectivity index (χ3n) is 5.61. The van der Waals surface area contributed by atoms with Gasteiger partial charge in [-0.3, -0.25) is 9.59 Å². The molecule has 1 aliphatic heterocycles. The molecule has 1 heterocycles. The molecule has 1 aromatic rings. The number of hydrogen-bond acceptors (Lipinski definition) is 3. The van der Waals surface area contributed by atoms with Gasteiger partial charge in [0.2, 0.25) is 11.8 Å². The van der Waals surface area contributed by atoms with Crippen LogP contribution in [0.3, 0.4) is 0 Å². The molecule has 2 amide bonds. The van der Waals surface area contributed by atoms with Crippen molar-refractivity contribution in [3.63, 3.8) is 0 Å². The number of nitrogens with one attached hydrogen (secondary N) is 1. The van der Waals surface area contributed by atoms with E-state index in [1.807, 2.05) is 30.3 Å². The van der Waals surface area contributed by atoms with Gasteiger partial charge in [0, 0.05) is 12.5 Å². The van der Waals surface area contributed by atoms with Gasteiger partial charge in [0.05, 0.1) is 0 Å². The number of carboxylic acid groups (broad SMARTS) is 1. The smallest absolute Gasteiger partial charge is 0.326 e. The molecular formula is C20H26N2O4. The number of amides is 2. The van der Waals surface area contributed by atoms with Crippen molar-refractivity contribution < 1.29 is 19.5 Å². The van der Waals surface area contributed by atoms with Crippen LogP contribution in [0.1, 0.15) is 44.6 Å². The number of rotatable bonds is 6. The van der Waals surface area contributed by atoms with Gasteiger partial charge in [-0.2, -0.15) is 0 Å². The molecule has 4 atom stereocenters. The average Bonchev–Trinajstić information content (AvgIpc) is 3.21. The first kappa shape index (κ1) is 18.4. The van der Waals surface area contributed by atoms with Crippen LogP contribution >= 0.6 is 0 Å². The van der Waals surface area contributed by atoms with Crippen LogP contribution in [0.15, 0.2) is 30.3 Å². The Labute approximate surface area is 153 Å². The Balaban J connectivity index is 1.57. The summed E-state index contributed by atoms with van der Waals surface area (Å²) >= 11 is 0. The lowest BCUT2D eigenvalue weighted by atomic mass is 10.0. The maximum atomic E-state index is 12.9. The van der Waals surface area contributed by atoms with Crippen molar-refractivity contribution in [3.05, 3.63) is 35.9 Å². The van der Waals surface area contributed by atoms with Crippen LogP contribution in [0.5, 0.6) is 0 Å². The van der Waals surface area contributed by atoms with E-state index in [1.165, 1.54) is 4.90 Å². The highest BCUT2D eigenvalue weighted by Crippen LogP contribution is 2.41. The second kappa shape index (κ2) is 7.89. The number of aliphatic carboxylic acids is 1. The number of carbonyl (C=O) groups is 3. The summed E-state index contributed by atoms with van der Waals surface area (Å²) in [5.74, 6) is -1.14. The molecule has 26 heavy (non-hydrogen) atoms. The van der Waals surface area contributed by atoms with Crippen LogP contribution in [0.2, 0.25) is 0 Å². The van der Waals surface area contributed by atoms with E-state index in [4.69, 9.17) is 0 Å². The fourth-order valence-corrected chi connectivity index (χ4v) is 4.33. The Morgan fingerprint density at radius 3 is 2.65 bits per heavy atom. The molecule has 0 radical (unpaired) electrons. The standard InChI is InChI=1S/C20H26N2O4/c1-13(21-18(23)11-10-14-6-3-2-4-7-14)19(24)22-16-9-5-8-15(16)12-17(22)20(25)26/h2-4,6-7,13,15-17H,5,8-12H2,1H3,(H,21,23)(H,25,26)/t13?,15-,16-,17-/m0/s1. The van der Waals surface area contributed by atoms with Crippen LogP contribution in [0.25, 0.3) is 0 Å². The van der Waals surface area contributed by atoms with Crippen LogP contribution in [0.4, 0.5) is 0 Å². The zero-order valence-corrected chi connectivity index (χ0v) is 15.1. The number of fused-ring (bicyclic) bond motifs is 1. The Morgan fingerprint density at radius 2 is 1.96 bits per heavy atom. The molecule has 1 saturated carbocycles. The van der Waals surface area contributed by atoms with Gasteiger partial charge in [-0.15, -0.1) is 0 Å². The quantitative estimate of drug-likeness (QED) is 0.814. The summed E-state index contributed by atoms with van der Waals surface area (Å²) in [6.45, 7) is 1.64. The molecule has 140 valence electrons. The number of carbonyl (C=O) groups excluding carboxylic acids is 2. The van der Waals surface area contributed by atoms with Gasteiger partial charge in [-0.25, -0.2) is 4.79 Å². The molecule has 0 spiro atoms. The summed E-state index contributed by atoms with van der Waals surface area (Å²) < 4.78 is 0. The van der Waals surface area contributed by atoms with Gasteiger partial charge < -0.3 is 15.3 Å². The fraction of sp³-hybridized carbons (Fsp3) is 0.550. The zero-order valence-electron chi connectivity index (χ0n) is 15.1. The second-order valence-corrected chi connectivity index (χ2v) is 7.37. The molecule has 2 N–H and O–H groups in total. The molecule has 1 aromatic carbocycles. The highest BCUT2D eigenvalue weighted by atomic mass is 16.4. The lowest BCUT2D eigenvalue weighted by molar-refractivity contribution is -0.150. The third-order valence-corrected chi connectivity index (χ3v) is 5.61. The summed E-state index contributed by atoms with van der Waals surface area (Å²) in [5.41, 5.74) is 1.07. The molecule has 2 fully saturated rings. The van der Waals surface area contributed by atoms with Crippen LogP contribution in [0, 0.1) is 5.92 Å². The van der Waals surface area contributed by atoms with Gasteiger partial charge in [0.25, 0.3) is 0 Å². The van der Waals surface area contributed by atoms with E-state index < -0.39 is 18.1 Å². The van der Waals surface area contributed by atoms with E-state index >= 15 is 0 Å².